The van der Waals surface area contributed by atoms with Gasteiger partial charge in [-0.3, -0.25) is 9.78 Å². The second kappa shape index (κ2) is 5.74. The van der Waals surface area contributed by atoms with E-state index >= 15 is 0 Å². The number of nitrogens with one attached hydrogen (secondary N) is 1. The maximum atomic E-state index is 11.9. The first-order chi connectivity index (χ1) is 7.29. The fraction of sp³-hybridized carbons (Fsp3) is 0.273. The molecule has 0 radical (unpaired) electrons. The van der Waals surface area contributed by atoms with Crippen LogP contribution >= 0.6 is 0 Å². The van der Waals surface area contributed by atoms with Gasteiger partial charge < -0.3 is 10.4 Å². The number of aromatic nitrogens is 1. The predicted molar refractivity (Wildman–Crippen MR) is 53.4 cm³/mol. The Morgan fingerprint density at radius 3 is 2.94 bits per heavy atom. The van der Waals surface area contributed by atoms with Crippen molar-refractivity contribution in [2.45, 2.75) is 12.8 Å². The van der Waals surface area contributed by atoms with Crippen LogP contribution in [-0.2, 0) is 4.79 Å². The van der Waals surface area contributed by atoms with E-state index in [4.69, 9.17) is 0 Å². The first kappa shape index (κ1) is 12.8. The molecule has 1 fully saturated rings. The van der Waals surface area contributed by atoms with Crippen molar-refractivity contribution in [3.05, 3.63) is 35.7 Å². The zero-order valence-corrected chi connectivity index (χ0v) is 9.19. The molecule has 1 saturated heterocycles. The van der Waals surface area contributed by atoms with Crippen molar-refractivity contribution in [2.24, 2.45) is 0 Å². The van der Waals surface area contributed by atoms with Crippen molar-refractivity contribution in [2.75, 3.05) is 6.54 Å². The van der Waals surface area contributed by atoms with Crippen LogP contribution in [0.3, 0.4) is 0 Å². The Labute approximate surface area is 106 Å². The van der Waals surface area contributed by atoms with Gasteiger partial charge in [-0.1, -0.05) is 11.8 Å². The first-order valence-corrected chi connectivity index (χ1v) is 4.88. The largest absolute Gasteiger partial charge is 1.00 e. The Bertz CT molecular complexity index is 404. The molecule has 1 aromatic heterocycles. The van der Waals surface area contributed by atoms with E-state index in [0.717, 1.165) is 6.42 Å². The number of nitrogens with zero attached hydrogens (tertiary/aromatic N) is 1. The van der Waals surface area contributed by atoms with Gasteiger partial charge in [0, 0.05) is 24.5 Å². The molecule has 1 amide bonds. The average Bonchev–Trinajstić information content (AvgIpc) is 2.30. The van der Waals surface area contributed by atoms with Crippen LogP contribution in [0.4, 0.5) is 0 Å². The van der Waals surface area contributed by atoms with Gasteiger partial charge in [0.25, 0.3) is 0 Å². The van der Waals surface area contributed by atoms with Crippen LogP contribution in [0.25, 0.3) is 5.76 Å². The molecule has 1 aliphatic rings. The Morgan fingerprint density at radius 1 is 1.50 bits per heavy atom. The number of amides is 1. The van der Waals surface area contributed by atoms with E-state index in [1.165, 1.54) is 6.20 Å². The molecule has 0 spiro atoms. The van der Waals surface area contributed by atoms with Gasteiger partial charge in [0.15, 0.2) is 0 Å². The Morgan fingerprint density at radius 2 is 2.31 bits per heavy atom. The quantitative estimate of drug-likeness (QED) is 0.306. The molecular formula is C11H11LiN2O2. The van der Waals surface area contributed by atoms with E-state index in [9.17, 15) is 9.90 Å². The van der Waals surface area contributed by atoms with Crippen molar-refractivity contribution in [1.29, 1.82) is 0 Å². The fourth-order valence-electron chi connectivity index (χ4n) is 1.58. The summed E-state index contributed by atoms with van der Waals surface area (Å²) in [7, 11) is 0. The molecule has 5 heteroatoms. The van der Waals surface area contributed by atoms with Crippen molar-refractivity contribution in [3.8, 4) is 0 Å². The summed E-state index contributed by atoms with van der Waals surface area (Å²) in [6.07, 6.45) is 4.46. The average molecular weight is 210 g/mol. The molecule has 16 heavy (non-hydrogen) atoms. The molecule has 4 nitrogen and oxygen atoms in total. The molecule has 1 aromatic rings. The number of carbonyl (C=O) groups is 1. The monoisotopic (exact) mass is 210 g/mol. The summed E-state index contributed by atoms with van der Waals surface area (Å²) >= 11 is 0. The van der Waals surface area contributed by atoms with Crippen LogP contribution in [0.15, 0.2) is 30.1 Å². The second-order valence-corrected chi connectivity index (χ2v) is 3.41. The third-order valence-electron chi connectivity index (χ3n) is 2.36. The number of hydrogen-bond donors (Lipinski definition) is 1. The topological polar surface area (TPSA) is 65.0 Å². The van der Waals surface area contributed by atoms with Gasteiger partial charge in [0.2, 0.25) is 5.91 Å². The molecule has 0 aromatic carbocycles. The maximum Gasteiger partial charge on any atom is 1.00 e. The molecule has 78 valence electrons. The first-order valence-electron chi connectivity index (χ1n) is 4.88. The summed E-state index contributed by atoms with van der Waals surface area (Å²) in [6, 6.07) is 3.36. The van der Waals surface area contributed by atoms with Gasteiger partial charge in [-0.15, -0.1) is 0 Å². The summed E-state index contributed by atoms with van der Waals surface area (Å²) in [4.78, 5) is 15.3. The van der Waals surface area contributed by atoms with Crippen LogP contribution in [0.2, 0.25) is 0 Å². The van der Waals surface area contributed by atoms with Gasteiger partial charge >= 0.3 is 18.9 Å². The van der Waals surface area contributed by atoms with Gasteiger partial charge in [-0.2, -0.15) is 0 Å². The summed E-state index contributed by atoms with van der Waals surface area (Å²) in [6.45, 7) is 0.655. The van der Waals surface area contributed by atoms with Crippen LogP contribution in [0.1, 0.15) is 18.4 Å². The van der Waals surface area contributed by atoms with Crippen molar-refractivity contribution in [3.63, 3.8) is 0 Å². The molecule has 1 N–H and O–H groups in total. The number of piperidine rings is 1. The van der Waals surface area contributed by atoms with E-state index in [0.29, 0.717) is 24.1 Å². The number of rotatable bonds is 1. The Hall–Kier alpha value is -1.24. The third-order valence-corrected chi connectivity index (χ3v) is 2.36. The van der Waals surface area contributed by atoms with E-state index in [-0.39, 0.29) is 30.5 Å². The molecule has 1 aliphatic heterocycles. The normalized spacial score (nSPS) is 18.4. The Balaban J connectivity index is 0.00000128. The number of pyridine rings is 1. The molecule has 0 saturated carbocycles. The van der Waals surface area contributed by atoms with E-state index in [1.807, 2.05) is 0 Å². The van der Waals surface area contributed by atoms with Crippen LogP contribution in [-0.4, -0.2) is 17.4 Å². The molecular weight excluding hydrogens is 199 g/mol. The second-order valence-electron chi connectivity index (χ2n) is 3.41. The van der Waals surface area contributed by atoms with Crippen molar-refractivity contribution in [1.82, 2.24) is 10.3 Å². The fourth-order valence-corrected chi connectivity index (χ4v) is 1.58. The molecule has 2 rings (SSSR count). The third kappa shape index (κ3) is 2.66. The smallest absolute Gasteiger partial charge is 0.872 e. The number of carbonyl (C=O) groups excluding carboxylic acids is 1. The predicted octanol–water partition coefficient (Wildman–Crippen LogP) is -2.93. The summed E-state index contributed by atoms with van der Waals surface area (Å²) in [5.74, 6) is -0.449. The van der Waals surface area contributed by atoms with E-state index < -0.39 is 0 Å². The SMILES string of the molecule is O=C1NCCC/C1=C(/[O-])c1cccnc1.[Li+]. The van der Waals surface area contributed by atoms with Crippen LogP contribution < -0.4 is 29.3 Å². The maximum absolute atomic E-state index is 11.9. The molecule has 0 unspecified atom stereocenters. The Kier molecular flexibility index (Phi) is 4.60. The van der Waals surface area contributed by atoms with Gasteiger partial charge in [-0.25, -0.2) is 0 Å². The van der Waals surface area contributed by atoms with E-state index in [2.05, 4.69) is 10.3 Å². The van der Waals surface area contributed by atoms with Crippen LogP contribution in [0, 0.1) is 0 Å². The van der Waals surface area contributed by atoms with Crippen molar-refractivity contribution < 1.29 is 28.8 Å². The van der Waals surface area contributed by atoms with Crippen molar-refractivity contribution >= 4 is 11.7 Å². The van der Waals surface area contributed by atoms with Gasteiger partial charge in [0.05, 0.1) is 0 Å². The molecule has 0 atom stereocenters. The molecule has 2 heterocycles. The number of hydrogen-bond acceptors (Lipinski definition) is 3. The zero-order valence-electron chi connectivity index (χ0n) is 9.19. The van der Waals surface area contributed by atoms with E-state index in [1.54, 1.807) is 18.3 Å². The van der Waals surface area contributed by atoms with Gasteiger partial charge in [0.1, 0.15) is 0 Å². The molecule has 0 aliphatic carbocycles. The summed E-state index contributed by atoms with van der Waals surface area (Å²) < 4.78 is 0. The summed E-state index contributed by atoms with van der Waals surface area (Å²) in [5.41, 5.74) is 0.818. The van der Waals surface area contributed by atoms with Gasteiger partial charge in [-0.05, 0) is 24.5 Å². The van der Waals surface area contributed by atoms with Crippen LogP contribution in [0.5, 0.6) is 0 Å². The zero-order chi connectivity index (χ0) is 10.7. The molecule has 0 bridgehead atoms. The summed E-state index contributed by atoms with van der Waals surface area (Å²) in [5, 5.41) is 14.5. The standard InChI is InChI=1S/C11H12N2O2.Li/c14-10(8-3-1-5-12-7-8)9-4-2-6-13-11(9)15;/h1,3,5,7,14H,2,4,6H2,(H,13,15);/q;+1/p-1/b10-9-;. The minimum atomic E-state index is -0.241. The minimum Gasteiger partial charge on any atom is -0.872 e. The minimum absolute atomic E-state index is 0.